The number of methoxy groups -OCH3 is 1. The van der Waals surface area contributed by atoms with Crippen molar-refractivity contribution >= 4 is 5.97 Å². The Bertz CT molecular complexity index is 377. The summed E-state index contributed by atoms with van der Waals surface area (Å²) in [5, 5.41) is 8.44. The fraction of sp³-hybridized carbons (Fsp3) is 0.300. The standard InChI is InChI=1S/C10H10F2O3/c1-15-5-7-3-8(11)6(2-9(7)12)4-10(13)14/h2-3H,4-5H2,1H3,(H,13,14). The maximum Gasteiger partial charge on any atom is 0.307 e. The molecule has 1 aromatic rings. The smallest absolute Gasteiger partial charge is 0.307 e. The largest absolute Gasteiger partial charge is 0.481 e. The van der Waals surface area contributed by atoms with Gasteiger partial charge >= 0.3 is 5.97 Å². The van der Waals surface area contributed by atoms with Gasteiger partial charge in [-0.25, -0.2) is 8.78 Å². The molecule has 0 aliphatic carbocycles. The van der Waals surface area contributed by atoms with Crippen molar-refractivity contribution < 1.29 is 23.4 Å². The minimum Gasteiger partial charge on any atom is -0.481 e. The van der Waals surface area contributed by atoms with E-state index in [1.54, 1.807) is 0 Å². The third-order valence-corrected chi connectivity index (χ3v) is 1.86. The molecule has 82 valence electrons. The summed E-state index contributed by atoms with van der Waals surface area (Å²) >= 11 is 0. The molecule has 0 aliphatic rings. The van der Waals surface area contributed by atoms with Crippen molar-refractivity contribution in [3.63, 3.8) is 0 Å². The van der Waals surface area contributed by atoms with Gasteiger partial charge in [0.2, 0.25) is 0 Å². The highest BCUT2D eigenvalue weighted by molar-refractivity contribution is 5.70. The SMILES string of the molecule is COCc1cc(F)c(CC(=O)O)cc1F. The average molecular weight is 216 g/mol. The maximum atomic E-state index is 13.2. The molecule has 1 rings (SSSR count). The lowest BCUT2D eigenvalue weighted by Gasteiger charge is -2.05. The Balaban J connectivity index is 3.02. The van der Waals surface area contributed by atoms with Crippen LogP contribution in [0.3, 0.4) is 0 Å². The molecular formula is C10H10F2O3. The highest BCUT2D eigenvalue weighted by Crippen LogP contribution is 2.16. The van der Waals surface area contributed by atoms with E-state index in [0.717, 1.165) is 12.1 Å². The summed E-state index contributed by atoms with van der Waals surface area (Å²) in [6.07, 6.45) is -0.532. The van der Waals surface area contributed by atoms with Crippen LogP contribution in [-0.4, -0.2) is 18.2 Å². The second-order valence-electron chi connectivity index (χ2n) is 3.04. The number of carboxylic acid groups (broad SMARTS) is 1. The first-order valence-corrected chi connectivity index (χ1v) is 4.22. The zero-order valence-electron chi connectivity index (χ0n) is 8.09. The van der Waals surface area contributed by atoms with Crippen molar-refractivity contribution in [3.8, 4) is 0 Å². The molecule has 3 nitrogen and oxygen atoms in total. The molecule has 5 heteroatoms. The van der Waals surface area contributed by atoms with Gasteiger partial charge in [0.25, 0.3) is 0 Å². The third-order valence-electron chi connectivity index (χ3n) is 1.86. The molecule has 0 spiro atoms. The number of carbonyl (C=O) groups is 1. The Morgan fingerprint density at radius 2 is 1.87 bits per heavy atom. The first-order chi connectivity index (χ1) is 7.04. The molecule has 0 saturated carbocycles. The molecular weight excluding hydrogens is 206 g/mol. The van der Waals surface area contributed by atoms with E-state index in [0.29, 0.717) is 0 Å². The second-order valence-corrected chi connectivity index (χ2v) is 3.04. The molecule has 0 atom stereocenters. The van der Waals surface area contributed by atoms with Crippen LogP contribution in [0.1, 0.15) is 11.1 Å². The van der Waals surface area contributed by atoms with E-state index in [2.05, 4.69) is 4.74 Å². The Kier molecular flexibility index (Phi) is 3.74. The predicted molar refractivity (Wildman–Crippen MR) is 48.4 cm³/mol. The normalized spacial score (nSPS) is 10.3. The van der Waals surface area contributed by atoms with E-state index in [1.165, 1.54) is 7.11 Å². The van der Waals surface area contributed by atoms with Gasteiger partial charge in [0.1, 0.15) is 11.6 Å². The fourth-order valence-electron chi connectivity index (χ4n) is 1.19. The quantitative estimate of drug-likeness (QED) is 0.833. The molecule has 15 heavy (non-hydrogen) atoms. The van der Waals surface area contributed by atoms with Gasteiger partial charge in [-0.1, -0.05) is 0 Å². The number of hydrogen-bond donors (Lipinski definition) is 1. The number of hydrogen-bond acceptors (Lipinski definition) is 2. The number of benzene rings is 1. The molecule has 1 N–H and O–H groups in total. The number of halogens is 2. The first kappa shape index (κ1) is 11.6. The summed E-state index contributed by atoms with van der Waals surface area (Å²) < 4.78 is 31.1. The molecule has 0 saturated heterocycles. The molecule has 0 aliphatic heterocycles. The summed E-state index contributed by atoms with van der Waals surface area (Å²) in [6.45, 7) is -0.0455. The van der Waals surface area contributed by atoms with Gasteiger partial charge in [0.05, 0.1) is 13.0 Å². The van der Waals surface area contributed by atoms with Gasteiger partial charge in [0, 0.05) is 18.2 Å². The van der Waals surface area contributed by atoms with Crippen LogP contribution in [0.5, 0.6) is 0 Å². The van der Waals surface area contributed by atoms with E-state index < -0.39 is 24.0 Å². The van der Waals surface area contributed by atoms with Gasteiger partial charge in [-0.3, -0.25) is 4.79 Å². The number of rotatable bonds is 4. The minimum absolute atomic E-state index is 0.0455. The number of aliphatic carboxylic acids is 1. The second kappa shape index (κ2) is 4.84. The van der Waals surface area contributed by atoms with Crippen LogP contribution < -0.4 is 0 Å². The van der Waals surface area contributed by atoms with Crippen LogP contribution in [0.2, 0.25) is 0 Å². The molecule has 0 bridgehead atoms. The highest BCUT2D eigenvalue weighted by atomic mass is 19.1. The van der Waals surface area contributed by atoms with Crippen LogP contribution in [0.25, 0.3) is 0 Å². The lowest BCUT2D eigenvalue weighted by Crippen LogP contribution is -2.05. The number of carboxylic acids is 1. The van der Waals surface area contributed by atoms with E-state index in [1.807, 2.05) is 0 Å². The lowest BCUT2D eigenvalue weighted by molar-refractivity contribution is -0.136. The van der Waals surface area contributed by atoms with Crippen LogP contribution in [0, 0.1) is 11.6 Å². The Morgan fingerprint density at radius 3 is 2.40 bits per heavy atom. The first-order valence-electron chi connectivity index (χ1n) is 4.22. The van der Waals surface area contributed by atoms with E-state index in [-0.39, 0.29) is 17.7 Å². The summed E-state index contributed by atoms with van der Waals surface area (Å²) in [4.78, 5) is 10.3. The number of ether oxygens (including phenoxy) is 1. The van der Waals surface area contributed by atoms with Crippen molar-refractivity contribution in [2.45, 2.75) is 13.0 Å². The predicted octanol–water partition coefficient (Wildman–Crippen LogP) is 1.74. The van der Waals surface area contributed by atoms with Crippen molar-refractivity contribution in [2.24, 2.45) is 0 Å². The third kappa shape index (κ3) is 2.99. The average Bonchev–Trinajstić information content (AvgIpc) is 2.13. The van der Waals surface area contributed by atoms with E-state index in [4.69, 9.17) is 5.11 Å². The van der Waals surface area contributed by atoms with Gasteiger partial charge in [-0.05, 0) is 12.1 Å². The zero-order chi connectivity index (χ0) is 11.4. The minimum atomic E-state index is -1.20. The van der Waals surface area contributed by atoms with Crippen LogP contribution in [0.15, 0.2) is 12.1 Å². The fourth-order valence-corrected chi connectivity index (χ4v) is 1.19. The van der Waals surface area contributed by atoms with E-state index >= 15 is 0 Å². The monoisotopic (exact) mass is 216 g/mol. The molecule has 0 unspecified atom stereocenters. The van der Waals surface area contributed by atoms with Crippen LogP contribution in [-0.2, 0) is 22.6 Å². The van der Waals surface area contributed by atoms with Crippen molar-refractivity contribution in [2.75, 3.05) is 7.11 Å². The summed E-state index contributed by atoms with van der Waals surface area (Å²) in [7, 11) is 1.36. The summed E-state index contributed by atoms with van der Waals surface area (Å²) in [5.41, 5.74) is -0.0935. The lowest BCUT2D eigenvalue weighted by atomic mass is 10.1. The molecule has 0 aromatic heterocycles. The van der Waals surface area contributed by atoms with Crippen molar-refractivity contribution in [1.82, 2.24) is 0 Å². The highest BCUT2D eigenvalue weighted by Gasteiger charge is 2.12. The van der Waals surface area contributed by atoms with E-state index in [9.17, 15) is 13.6 Å². The molecule has 0 heterocycles. The zero-order valence-corrected chi connectivity index (χ0v) is 8.09. The Morgan fingerprint density at radius 1 is 1.33 bits per heavy atom. The molecule has 0 fully saturated rings. The van der Waals surface area contributed by atoms with Crippen molar-refractivity contribution in [1.29, 1.82) is 0 Å². The van der Waals surface area contributed by atoms with Crippen LogP contribution in [0.4, 0.5) is 8.78 Å². The summed E-state index contributed by atoms with van der Waals surface area (Å²) in [6, 6.07) is 1.84. The summed E-state index contributed by atoms with van der Waals surface area (Å²) in [5.74, 6) is -2.59. The van der Waals surface area contributed by atoms with Gasteiger partial charge in [-0.15, -0.1) is 0 Å². The van der Waals surface area contributed by atoms with Gasteiger partial charge in [-0.2, -0.15) is 0 Å². The molecule has 0 amide bonds. The van der Waals surface area contributed by atoms with Gasteiger partial charge in [0.15, 0.2) is 0 Å². The van der Waals surface area contributed by atoms with Crippen molar-refractivity contribution in [3.05, 3.63) is 34.9 Å². The molecule has 0 radical (unpaired) electrons. The maximum absolute atomic E-state index is 13.2. The Labute approximate surface area is 85.3 Å². The topological polar surface area (TPSA) is 46.5 Å². The van der Waals surface area contributed by atoms with Gasteiger partial charge < -0.3 is 9.84 Å². The Hall–Kier alpha value is -1.49. The van der Waals surface area contributed by atoms with Crippen LogP contribution >= 0.6 is 0 Å². The molecule has 1 aromatic carbocycles.